The fraction of sp³-hybridized carbons (Fsp3) is 0.500. The number of carbonyl (C=O) groups excluding carboxylic acids is 1. The van der Waals surface area contributed by atoms with Crippen molar-refractivity contribution < 1.29 is 4.79 Å². The number of rotatable bonds is 3. The van der Waals surface area contributed by atoms with E-state index in [1.165, 1.54) is 0 Å². The second kappa shape index (κ2) is 5.80. The molecule has 0 radical (unpaired) electrons. The number of primary amides is 1. The first-order chi connectivity index (χ1) is 8.99. The number of carbonyl (C=O) groups is 1. The predicted molar refractivity (Wildman–Crippen MR) is 78.6 cm³/mol. The van der Waals surface area contributed by atoms with Crippen molar-refractivity contribution in [3.63, 3.8) is 0 Å². The van der Waals surface area contributed by atoms with E-state index in [1.807, 2.05) is 13.0 Å². The van der Waals surface area contributed by atoms with Crippen LogP contribution in [0.1, 0.15) is 30.1 Å². The van der Waals surface area contributed by atoms with Crippen LogP contribution in [-0.2, 0) is 0 Å². The minimum absolute atomic E-state index is 0.187. The highest BCUT2D eigenvalue weighted by molar-refractivity contribution is 6.33. The minimum Gasteiger partial charge on any atom is -0.370 e. The van der Waals surface area contributed by atoms with Crippen LogP contribution in [-0.4, -0.2) is 25.0 Å². The van der Waals surface area contributed by atoms with Crippen molar-refractivity contribution in [2.45, 2.75) is 25.8 Å². The highest BCUT2D eigenvalue weighted by Gasteiger charge is 2.24. The number of amides is 1. The zero-order chi connectivity index (χ0) is 14.0. The number of halogens is 1. The largest absolute Gasteiger partial charge is 0.370 e. The molecule has 1 aliphatic rings. The van der Waals surface area contributed by atoms with Gasteiger partial charge in [0.15, 0.2) is 0 Å². The molecule has 0 saturated carbocycles. The van der Waals surface area contributed by atoms with Gasteiger partial charge in [0.05, 0.1) is 10.7 Å². The first-order valence-electron chi connectivity index (χ1n) is 6.59. The molecule has 0 aromatic heterocycles. The highest BCUT2D eigenvalue weighted by atomic mass is 35.5. The van der Waals surface area contributed by atoms with Gasteiger partial charge in [0.1, 0.15) is 0 Å². The lowest BCUT2D eigenvalue weighted by molar-refractivity contribution is 0.100. The van der Waals surface area contributed by atoms with Gasteiger partial charge in [-0.15, -0.1) is 0 Å². The Balaban J connectivity index is 2.19. The van der Waals surface area contributed by atoms with Crippen molar-refractivity contribution in [2.24, 2.45) is 17.4 Å². The molecule has 5 heteroatoms. The third kappa shape index (κ3) is 3.19. The first-order valence-corrected chi connectivity index (χ1v) is 6.96. The van der Waals surface area contributed by atoms with Gasteiger partial charge in [-0.3, -0.25) is 4.79 Å². The fourth-order valence-electron chi connectivity index (χ4n) is 2.57. The summed E-state index contributed by atoms with van der Waals surface area (Å²) >= 11 is 6.25. The quantitative estimate of drug-likeness (QED) is 0.890. The normalized spacial score (nSPS) is 21.2. The Hall–Kier alpha value is -1.26. The summed E-state index contributed by atoms with van der Waals surface area (Å²) in [7, 11) is 0. The summed E-state index contributed by atoms with van der Waals surface area (Å²) in [5, 5.41) is 0.571. The van der Waals surface area contributed by atoms with Gasteiger partial charge in [-0.25, -0.2) is 0 Å². The predicted octanol–water partition coefficient (Wildman–Crippen LogP) is 2.00. The van der Waals surface area contributed by atoms with Crippen LogP contribution in [0.15, 0.2) is 18.2 Å². The molecule has 0 bridgehead atoms. The third-order valence-corrected chi connectivity index (χ3v) is 4.08. The van der Waals surface area contributed by atoms with Gasteiger partial charge < -0.3 is 16.4 Å². The minimum atomic E-state index is -0.458. The van der Waals surface area contributed by atoms with Gasteiger partial charge >= 0.3 is 0 Å². The van der Waals surface area contributed by atoms with Crippen molar-refractivity contribution in [1.29, 1.82) is 0 Å². The van der Waals surface area contributed by atoms with Crippen molar-refractivity contribution in [1.82, 2.24) is 0 Å². The number of hydrogen-bond donors (Lipinski definition) is 2. The Bertz CT molecular complexity index is 476. The number of benzene rings is 1. The molecule has 4 nitrogen and oxygen atoms in total. The summed E-state index contributed by atoms with van der Waals surface area (Å²) in [6.45, 7) is 3.93. The smallest absolute Gasteiger partial charge is 0.248 e. The van der Waals surface area contributed by atoms with Gasteiger partial charge in [-0.05, 0) is 43.9 Å². The van der Waals surface area contributed by atoms with Crippen LogP contribution < -0.4 is 16.4 Å². The van der Waals surface area contributed by atoms with Crippen LogP contribution in [0.25, 0.3) is 0 Å². The van der Waals surface area contributed by atoms with E-state index in [1.54, 1.807) is 12.1 Å². The third-order valence-electron chi connectivity index (χ3n) is 3.77. The summed E-state index contributed by atoms with van der Waals surface area (Å²) in [6, 6.07) is 5.41. The van der Waals surface area contributed by atoms with Crippen molar-refractivity contribution in [2.75, 3.05) is 18.0 Å². The fourth-order valence-corrected chi connectivity index (χ4v) is 2.87. The molecule has 104 valence electrons. The van der Waals surface area contributed by atoms with Crippen LogP contribution in [0.2, 0.25) is 5.02 Å². The summed E-state index contributed by atoms with van der Waals surface area (Å²) in [4.78, 5) is 13.4. The Morgan fingerprint density at radius 3 is 2.84 bits per heavy atom. The van der Waals surface area contributed by atoms with Crippen molar-refractivity contribution in [3.05, 3.63) is 28.8 Å². The zero-order valence-corrected chi connectivity index (χ0v) is 11.9. The maximum atomic E-state index is 11.1. The number of anilines is 1. The number of piperidine rings is 1. The average molecular weight is 282 g/mol. The van der Waals surface area contributed by atoms with E-state index in [0.717, 1.165) is 31.6 Å². The molecule has 2 rings (SSSR count). The van der Waals surface area contributed by atoms with Gasteiger partial charge in [0, 0.05) is 24.7 Å². The van der Waals surface area contributed by atoms with Gasteiger partial charge in [-0.2, -0.15) is 0 Å². The molecule has 19 heavy (non-hydrogen) atoms. The molecule has 4 N–H and O–H groups in total. The summed E-state index contributed by atoms with van der Waals surface area (Å²) < 4.78 is 0. The maximum absolute atomic E-state index is 11.1. The van der Waals surface area contributed by atoms with Crippen LogP contribution in [0.3, 0.4) is 0 Å². The number of nitrogens with zero attached hydrogens (tertiary/aromatic N) is 1. The Labute approximate surface area is 118 Å². The molecule has 1 aromatic rings. The Morgan fingerprint density at radius 1 is 1.53 bits per heavy atom. The van der Waals surface area contributed by atoms with Crippen LogP contribution in [0.4, 0.5) is 5.69 Å². The number of hydrogen-bond acceptors (Lipinski definition) is 3. The first kappa shape index (κ1) is 14.2. The van der Waals surface area contributed by atoms with E-state index in [4.69, 9.17) is 23.1 Å². The molecule has 1 heterocycles. The lowest BCUT2D eigenvalue weighted by Gasteiger charge is -2.36. The molecule has 1 saturated heterocycles. The van der Waals surface area contributed by atoms with E-state index >= 15 is 0 Å². The van der Waals surface area contributed by atoms with Gasteiger partial charge in [0.2, 0.25) is 5.91 Å². The van der Waals surface area contributed by atoms with E-state index in [9.17, 15) is 4.79 Å². The summed E-state index contributed by atoms with van der Waals surface area (Å²) in [5.74, 6) is 0.0289. The zero-order valence-electron chi connectivity index (χ0n) is 11.1. The highest BCUT2D eigenvalue weighted by Crippen LogP contribution is 2.31. The van der Waals surface area contributed by atoms with E-state index in [0.29, 0.717) is 16.5 Å². The topological polar surface area (TPSA) is 72.3 Å². The maximum Gasteiger partial charge on any atom is 0.248 e. The van der Waals surface area contributed by atoms with Gasteiger partial charge in [-0.1, -0.05) is 11.6 Å². The van der Waals surface area contributed by atoms with Gasteiger partial charge in [0.25, 0.3) is 0 Å². The van der Waals surface area contributed by atoms with Crippen molar-refractivity contribution >= 4 is 23.2 Å². The SMILES string of the molecule is CC(N)C1CCCN(c2ccc(C(N)=O)cc2Cl)C1. The standard InChI is InChI=1S/C14H20ClN3O/c1-9(16)11-3-2-6-18(8-11)13-5-4-10(14(17)19)7-12(13)15/h4-5,7,9,11H,2-3,6,8,16H2,1H3,(H2,17,19). The molecule has 1 fully saturated rings. The van der Waals surface area contributed by atoms with Crippen LogP contribution >= 0.6 is 11.6 Å². The number of nitrogens with two attached hydrogens (primary N) is 2. The van der Waals surface area contributed by atoms with Crippen LogP contribution in [0, 0.1) is 5.92 Å². The molecule has 0 aliphatic carbocycles. The Morgan fingerprint density at radius 2 is 2.26 bits per heavy atom. The molecular weight excluding hydrogens is 262 g/mol. The average Bonchev–Trinajstić information content (AvgIpc) is 2.38. The molecule has 2 unspecified atom stereocenters. The monoisotopic (exact) mass is 281 g/mol. The lowest BCUT2D eigenvalue weighted by atomic mass is 9.92. The second-order valence-corrected chi connectivity index (χ2v) is 5.65. The van der Waals surface area contributed by atoms with E-state index in [-0.39, 0.29) is 6.04 Å². The summed E-state index contributed by atoms with van der Waals surface area (Å²) in [5.41, 5.74) is 12.6. The molecular formula is C14H20ClN3O. The molecule has 2 atom stereocenters. The molecule has 0 spiro atoms. The molecule has 1 aliphatic heterocycles. The van der Waals surface area contributed by atoms with E-state index < -0.39 is 5.91 Å². The van der Waals surface area contributed by atoms with E-state index in [2.05, 4.69) is 4.90 Å². The lowest BCUT2D eigenvalue weighted by Crippen LogP contribution is -2.42. The van der Waals surface area contributed by atoms with Crippen LogP contribution in [0.5, 0.6) is 0 Å². The molecule has 1 aromatic carbocycles. The molecule has 1 amide bonds. The Kier molecular flexibility index (Phi) is 4.32. The summed E-state index contributed by atoms with van der Waals surface area (Å²) in [6.07, 6.45) is 2.27. The van der Waals surface area contributed by atoms with Crippen molar-refractivity contribution in [3.8, 4) is 0 Å². The second-order valence-electron chi connectivity index (χ2n) is 5.24.